The Balaban J connectivity index is 1.81. The maximum atomic E-state index is 12.6. The van der Waals surface area contributed by atoms with Crippen molar-refractivity contribution in [3.8, 4) is 5.69 Å². The van der Waals surface area contributed by atoms with Gasteiger partial charge < -0.3 is 5.32 Å². The molecule has 8 heteroatoms. The summed E-state index contributed by atoms with van der Waals surface area (Å²) in [6.45, 7) is 1.89. The van der Waals surface area contributed by atoms with Gasteiger partial charge in [-0.15, -0.1) is 0 Å². The van der Waals surface area contributed by atoms with Gasteiger partial charge in [-0.1, -0.05) is 42.8 Å². The molecule has 1 atom stereocenters. The van der Waals surface area contributed by atoms with E-state index in [-0.39, 0.29) is 5.91 Å². The first-order valence-corrected chi connectivity index (χ1v) is 9.26. The molecular weight excluding hydrogens is 374 g/mol. The van der Waals surface area contributed by atoms with Crippen molar-refractivity contribution in [2.45, 2.75) is 23.6 Å². The van der Waals surface area contributed by atoms with Crippen LogP contribution in [0.3, 0.4) is 0 Å². The van der Waals surface area contributed by atoms with Gasteiger partial charge in [0.25, 0.3) is 0 Å². The molecule has 0 aliphatic heterocycles. The quantitative estimate of drug-likeness (QED) is 0.499. The molecule has 0 aliphatic carbocycles. The molecule has 2 aromatic carbocycles. The Morgan fingerprint density at radius 2 is 2.04 bits per heavy atom. The van der Waals surface area contributed by atoms with Crippen molar-refractivity contribution < 1.29 is 14.0 Å². The number of nitrogens with zero attached hydrogens (tertiary/aromatic N) is 1. The Morgan fingerprint density at radius 3 is 2.73 bits per heavy atom. The normalized spacial score (nSPS) is 11.9. The molecule has 3 rings (SSSR count). The number of rotatable bonds is 6. The van der Waals surface area contributed by atoms with Crippen molar-refractivity contribution in [2.75, 3.05) is 5.32 Å². The van der Waals surface area contributed by atoms with Crippen molar-refractivity contribution in [3.63, 3.8) is 0 Å². The van der Waals surface area contributed by atoms with Gasteiger partial charge in [-0.3, -0.25) is 9.32 Å². The van der Waals surface area contributed by atoms with E-state index in [1.807, 2.05) is 37.3 Å². The molecule has 0 radical (unpaired) electrons. The van der Waals surface area contributed by atoms with Crippen LogP contribution < -0.4 is 15.6 Å². The lowest BCUT2D eigenvalue weighted by Gasteiger charge is -2.12. The van der Waals surface area contributed by atoms with Gasteiger partial charge in [0.15, 0.2) is 0 Å². The number of anilines is 1. The maximum Gasteiger partial charge on any atom is 0.442 e. The predicted octanol–water partition coefficient (Wildman–Crippen LogP) is 3.41. The number of para-hydroxylation sites is 1. The van der Waals surface area contributed by atoms with Crippen molar-refractivity contribution in [1.82, 2.24) is 5.27 Å². The van der Waals surface area contributed by atoms with Crippen LogP contribution in [0.15, 0.2) is 68.9 Å². The van der Waals surface area contributed by atoms with Crippen molar-refractivity contribution in [2.24, 2.45) is 0 Å². The van der Waals surface area contributed by atoms with Crippen LogP contribution in [-0.2, 0) is 4.79 Å². The third kappa shape index (κ3) is 4.17. The first-order valence-electron chi connectivity index (χ1n) is 8.00. The summed E-state index contributed by atoms with van der Waals surface area (Å²) in [6, 6.07) is 16.2. The second-order valence-corrected chi connectivity index (χ2v) is 7.10. The smallest absolute Gasteiger partial charge is 0.325 e. The number of carbonyl (C=O) groups excluding carboxylic acids is 1. The minimum Gasteiger partial charge on any atom is -0.325 e. The molecule has 0 saturated carbocycles. The van der Waals surface area contributed by atoms with Gasteiger partial charge in [0, 0.05) is 22.8 Å². The number of hydrogen-bond donors (Lipinski definition) is 2. The van der Waals surface area contributed by atoms with Crippen LogP contribution in [-0.4, -0.2) is 16.4 Å². The standard InChI is InChI=1S/C18H16ClN3O3S/c1-2-15(16(23)20-13-8-6-7-12(19)11-13)26-17-18(24)25-21-22(17)14-9-4-3-5-10-14/h3-11,15H,2H2,1H3,(H-,20,21,23,24)/p+1. The number of carbonyl (C=O) groups is 1. The summed E-state index contributed by atoms with van der Waals surface area (Å²) in [5.74, 6) is -0.208. The fourth-order valence-electron chi connectivity index (χ4n) is 2.36. The molecule has 26 heavy (non-hydrogen) atoms. The van der Waals surface area contributed by atoms with Crippen LogP contribution in [0.5, 0.6) is 0 Å². The van der Waals surface area contributed by atoms with Crippen LogP contribution in [0, 0.1) is 0 Å². The van der Waals surface area contributed by atoms with E-state index in [2.05, 4.69) is 10.6 Å². The number of thioether (sulfide) groups is 1. The molecule has 2 N–H and O–H groups in total. The zero-order chi connectivity index (χ0) is 18.5. The highest BCUT2D eigenvalue weighted by Crippen LogP contribution is 2.23. The Kier molecular flexibility index (Phi) is 5.80. The summed E-state index contributed by atoms with van der Waals surface area (Å²) in [6.07, 6.45) is 0.538. The van der Waals surface area contributed by atoms with Crippen molar-refractivity contribution >= 4 is 35.0 Å². The summed E-state index contributed by atoms with van der Waals surface area (Å²) >= 11 is 7.10. The van der Waals surface area contributed by atoms with Crippen LogP contribution in [0.4, 0.5) is 5.69 Å². The highest BCUT2D eigenvalue weighted by Gasteiger charge is 2.30. The lowest BCUT2D eigenvalue weighted by molar-refractivity contribution is -0.704. The Labute approximate surface area is 159 Å². The molecule has 0 saturated heterocycles. The summed E-state index contributed by atoms with van der Waals surface area (Å²) in [4.78, 5) is 24.7. The topological polar surface area (TPSA) is 79.0 Å². The van der Waals surface area contributed by atoms with Crippen LogP contribution >= 0.6 is 23.4 Å². The van der Waals surface area contributed by atoms with E-state index in [1.54, 1.807) is 24.3 Å². The fourth-order valence-corrected chi connectivity index (χ4v) is 3.54. The molecule has 3 aromatic rings. The Hall–Kier alpha value is -2.51. The van der Waals surface area contributed by atoms with E-state index in [4.69, 9.17) is 16.1 Å². The third-order valence-corrected chi connectivity index (χ3v) is 5.27. The lowest BCUT2D eigenvalue weighted by atomic mass is 10.3. The molecule has 0 aliphatic rings. The number of benzene rings is 2. The van der Waals surface area contributed by atoms with Gasteiger partial charge in [0.05, 0.1) is 5.25 Å². The largest absolute Gasteiger partial charge is 0.442 e. The predicted molar refractivity (Wildman–Crippen MR) is 101 cm³/mol. The molecule has 1 aromatic heterocycles. The summed E-state index contributed by atoms with van der Waals surface area (Å²) in [5.41, 5.74) is 0.831. The van der Waals surface area contributed by atoms with Gasteiger partial charge in [0.1, 0.15) is 0 Å². The van der Waals surface area contributed by atoms with E-state index < -0.39 is 10.9 Å². The first-order chi connectivity index (χ1) is 12.6. The molecule has 0 bridgehead atoms. The van der Waals surface area contributed by atoms with Gasteiger partial charge in [0.2, 0.25) is 11.6 Å². The zero-order valence-electron chi connectivity index (χ0n) is 13.9. The molecule has 1 heterocycles. The van der Waals surface area contributed by atoms with E-state index in [0.29, 0.717) is 22.2 Å². The molecular formula is C18H17ClN3O3S+. The second-order valence-electron chi connectivity index (χ2n) is 5.47. The fraction of sp³-hybridized carbons (Fsp3) is 0.167. The Bertz CT molecular complexity index is 956. The first kappa shape index (κ1) is 18.3. The number of aromatic amines is 1. The van der Waals surface area contributed by atoms with Crippen molar-refractivity contribution in [1.29, 1.82) is 0 Å². The molecule has 1 amide bonds. The van der Waals surface area contributed by atoms with Crippen LogP contribution in [0.2, 0.25) is 5.02 Å². The summed E-state index contributed by atoms with van der Waals surface area (Å²) in [5, 5.41) is 5.78. The van der Waals surface area contributed by atoms with Gasteiger partial charge in [-0.2, -0.15) is 0 Å². The monoisotopic (exact) mass is 390 g/mol. The zero-order valence-corrected chi connectivity index (χ0v) is 15.5. The van der Waals surface area contributed by atoms with Crippen molar-refractivity contribution in [3.05, 3.63) is 70.0 Å². The van der Waals surface area contributed by atoms with Gasteiger partial charge >= 0.3 is 10.7 Å². The number of amides is 1. The van der Waals surface area contributed by atoms with Crippen LogP contribution in [0.1, 0.15) is 13.3 Å². The van der Waals surface area contributed by atoms with Gasteiger partial charge in [-0.05, 0) is 46.3 Å². The molecule has 6 nitrogen and oxygen atoms in total. The average Bonchev–Trinajstić information content (AvgIpc) is 3.00. The number of nitrogens with one attached hydrogen (secondary N) is 2. The van der Waals surface area contributed by atoms with Crippen LogP contribution in [0.25, 0.3) is 5.69 Å². The minimum absolute atomic E-state index is 0.208. The van der Waals surface area contributed by atoms with E-state index in [0.717, 1.165) is 17.4 Å². The highest BCUT2D eigenvalue weighted by atomic mass is 35.5. The maximum absolute atomic E-state index is 12.6. The summed E-state index contributed by atoms with van der Waals surface area (Å²) < 4.78 is 6.45. The van der Waals surface area contributed by atoms with E-state index in [9.17, 15) is 9.59 Å². The molecule has 0 spiro atoms. The highest BCUT2D eigenvalue weighted by molar-refractivity contribution is 8.00. The SMILES string of the molecule is CCC(Sc1c(=O)o[nH][n+]1-c1ccccc1)C(=O)Nc1cccc(Cl)c1. The Morgan fingerprint density at radius 1 is 1.27 bits per heavy atom. The minimum atomic E-state index is -0.521. The number of hydrogen-bond acceptors (Lipinski definition) is 4. The number of aromatic nitrogens is 2. The summed E-state index contributed by atoms with van der Waals surface area (Å²) in [7, 11) is 0. The molecule has 0 fully saturated rings. The second kappa shape index (κ2) is 8.25. The third-order valence-electron chi connectivity index (χ3n) is 3.63. The number of H-pyrrole nitrogens is 1. The lowest BCUT2D eigenvalue weighted by Crippen LogP contribution is -2.37. The molecule has 134 valence electrons. The molecule has 1 unspecified atom stereocenters. The number of halogens is 1. The van der Waals surface area contributed by atoms with E-state index >= 15 is 0 Å². The van der Waals surface area contributed by atoms with E-state index in [1.165, 1.54) is 4.68 Å². The average molecular weight is 391 g/mol. The van der Waals surface area contributed by atoms with Gasteiger partial charge in [-0.25, -0.2) is 4.79 Å².